The van der Waals surface area contributed by atoms with E-state index in [9.17, 15) is 8.42 Å². The Bertz CT molecular complexity index is 552. The number of ether oxygens (including phenoxy) is 1. The molecule has 0 aliphatic heterocycles. The zero-order valence-electron chi connectivity index (χ0n) is 11.2. The molecule has 1 saturated carbocycles. The van der Waals surface area contributed by atoms with Gasteiger partial charge in [0.2, 0.25) is 10.0 Å². The van der Waals surface area contributed by atoms with Crippen LogP contribution in [0.15, 0.2) is 23.1 Å². The van der Waals surface area contributed by atoms with Crippen LogP contribution in [0.3, 0.4) is 0 Å². The van der Waals surface area contributed by atoms with Gasteiger partial charge in [-0.3, -0.25) is 0 Å². The molecule has 6 heteroatoms. The van der Waals surface area contributed by atoms with Crippen molar-refractivity contribution in [3.05, 3.63) is 23.8 Å². The molecule has 0 heterocycles. The van der Waals surface area contributed by atoms with Gasteiger partial charge >= 0.3 is 0 Å². The second-order valence-electron chi connectivity index (χ2n) is 4.70. The Kier molecular flexibility index (Phi) is 4.13. The maximum atomic E-state index is 12.5. The summed E-state index contributed by atoms with van der Waals surface area (Å²) in [6.07, 6.45) is 2.13. The molecule has 0 radical (unpaired) electrons. The van der Waals surface area contributed by atoms with Crippen LogP contribution in [-0.4, -0.2) is 44.6 Å². The molecule has 5 nitrogen and oxygen atoms in total. The Morgan fingerprint density at radius 3 is 2.63 bits per heavy atom. The van der Waals surface area contributed by atoms with E-state index >= 15 is 0 Å². The average molecular weight is 285 g/mol. The monoisotopic (exact) mass is 285 g/mol. The van der Waals surface area contributed by atoms with E-state index in [4.69, 9.17) is 9.84 Å². The Morgan fingerprint density at radius 2 is 2.11 bits per heavy atom. The molecule has 1 aliphatic rings. The summed E-state index contributed by atoms with van der Waals surface area (Å²) in [5, 5.41) is 9.08. The van der Waals surface area contributed by atoms with Crippen LogP contribution in [0.5, 0.6) is 5.75 Å². The van der Waals surface area contributed by atoms with Crippen LogP contribution in [0.25, 0.3) is 0 Å². The predicted octanol–water partition coefficient (Wildman–Crippen LogP) is 1.01. The molecule has 0 saturated heterocycles. The lowest BCUT2D eigenvalue weighted by Gasteiger charge is -2.19. The average Bonchev–Trinajstić information content (AvgIpc) is 3.22. The summed E-state index contributed by atoms with van der Waals surface area (Å²) in [5.74, 6) is 0.594. The first-order chi connectivity index (χ1) is 9.00. The van der Waals surface area contributed by atoms with E-state index < -0.39 is 10.0 Å². The smallest absolute Gasteiger partial charge is 0.243 e. The molecule has 106 valence electrons. The summed E-state index contributed by atoms with van der Waals surface area (Å²) in [6, 6.07) is 4.98. The molecule has 1 aliphatic carbocycles. The van der Waals surface area contributed by atoms with E-state index in [1.165, 1.54) is 11.4 Å². The van der Waals surface area contributed by atoms with Crippen molar-refractivity contribution in [1.29, 1.82) is 0 Å². The van der Waals surface area contributed by atoms with Crippen LogP contribution >= 0.6 is 0 Å². The molecule has 1 aromatic rings. The Morgan fingerprint density at radius 1 is 1.42 bits per heavy atom. The van der Waals surface area contributed by atoms with Crippen LogP contribution in [-0.2, 0) is 16.4 Å². The summed E-state index contributed by atoms with van der Waals surface area (Å²) < 4.78 is 31.6. The normalized spacial score (nSPS) is 15.8. The van der Waals surface area contributed by atoms with Gasteiger partial charge in [0.15, 0.2) is 0 Å². The van der Waals surface area contributed by atoms with Gasteiger partial charge in [0, 0.05) is 19.7 Å². The van der Waals surface area contributed by atoms with Crippen molar-refractivity contribution >= 4 is 10.0 Å². The van der Waals surface area contributed by atoms with E-state index in [-0.39, 0.29) is 17.5 Å². The van der Waals surface area contributed by atoms with E-state index in [1.807, 2.05) is 0 Å². The van der Waals surface area contributed by atoms with Crippen LogP contribution in [0.2, 0.25) is 0 Å². The van der Waals surface area contributed by atoms with Crippen LogP contribution in [0.1, 0.15) is 18.4 Å². The lowest BCUT2D eigenvalue weighted by atomic mass is 10.1. The standard InChI is InChI=1S/C13H19NO4S/c1-14(11-3-4-11)19(16,17)13-6-5-12(18-2)9-10(13)7-8-15/h5-6,9,11,15H,3-4,7-8H2,1-2H3. The number of hydrogen-bond donors (Lipinski definition) is 1. The fourth-order valence-electron chi connectivity index (χ4n) is 2.04. The highest BCUT2D eigenvalue weighted by Gasteiger charge is 2.35. The molecule has 0 aromatic heterocycles. The highest BCUT2D eigenvalue weighted by Crippen LogP contribution is 2.32. The lowest BCUT2D eigenvalue weighted by Crippen LogP contribution is -2.29. The van der Waals surface area contributed by atoms with Gasteiger partial charge in [-0.25, -0.2) is 8.42 Å². The molecular weight excluding hydrogens is 266 g/mol. The first kappa shape index (κ1) is 14.3. The third-order valence-electron chi connectivity index (χ3n) is 3.37. The largest absolute Gasteiger partial charge is 0.497 e. The van der Waals surface area contributed by atoms with E-state index in [2.05, 4.69) is 0 Å². The number of rotatable bonds is 6. The minimum atomic E-state index is -3.49. The molecule has 1 N–H and O–H groups in total. The fourth-order valence-corrected chi connectivity index (χ4v) is 3.69. The van der Waals surface area contributed by atoms with Crippen LogP contribution < -0.4 is 4.74 Å². The molecule has 19 heavy (non-hydrogen) atoms. The number of aliphatic hydroxyl groups excluding tert-OH is 1. The van der Waals surface area contributed by atoms with Crippen molar-refractivity contribution in [3.63, 3.8) is 0 Å². The minimum absolute atomic E-state index is 0.0944. The van der Waals surface area contributed by atoms with Gasteiger partial charge in [0.25, 0.3) is 0 Å². The maximum Gasteiger partial charge on any atom is 0.243 e. The number of nitrogens with zero attached hydrogens (tertiary/aromatic N) is 1. The van der Waals surface area contributed by atoms with E-state index in [0.29, 0.717) is 17.7 Å². The topological polar surface area (TPSA) is 66.8 Å². The molecule has 0 bridgehead atoms. The predicted molar refractivity (Wildman–Crippen MR) is 71.8 cm³/mol. The van der Waals surface area contributed by atoms with Crippen LogP contribution in [0, 0.1) is 0 Å². The molecule has 0 unspecified atom stereocenters. The van der Waals surface area contributed by atoms with Gasteiger partial charge in [0.05, 0.1) is 12.0 Å². The first-order valence-corrected chi connectivity index (χ1v) is 7.70. The van der Waals surface area contributed by atoms with Gasteiger partial charge in [-0.05, 0) is 43.0 Å². The van der Waals surface area contributed by atoms with Gasteiger partial charge < -0.3 is 9.84 Å². The number of sulfonamides is 1. The van der Waals surface area contributed by atoms with E-state index in [0.717, 1.165) is 12.8 Å². The van der Waals surface area contributed by atoms with Crippen molar-refractivity contribution in [1.82, 2.24) is 4.31 Å². The van der Waals surface area contributed by atoms with Crippen molar-refractivity contribution in [2.24, 2.45) is 0 Å². The van der Waals surface area contributed by atoms with Gasteiger partial charge in [-0.15, -0.1) is 0 Å². The minimum Gasteiger partial charge on any atom is -0.497 e. The molecule has 2 rings (SSSR count). The van der Waals surface area contributed by atoms with Crippen molar-refractivity contribution in [2.75, 3.05) is 20.8 Å². The van der Waals surface area contributed by atoms with Gasteiger partial charge in [-0.2, -0.15) is 4.31 Å². The second kappa shape index (κ2) is 5.48. The van der Waals surface area contributed by atoms with Gasteiger partial charge in [-0.1, -0.05) is 0 Å². The molecule has 1 fully saturated rings. The Hall–Kier alpha value is -1.11. The number of benzene rings is 1. The molecule has 0 spiro atoms. The summed E-state index contributed by atoms with van der Waals surface area (Å²) >= 11 is 0. The number of aliphatic hydroxyl groups is 1. The maximum absolute atomic E-state index is 12.5. The Balaban J connectivity index is 2.42. The quantitative estimate of drug-likeness (QED) is 0.847. The zero-order chi connectivity index (χ0) is 14.0. The summed E-state index contributed by atoms with van der Waals surface area (Å²) in [4.78, 5) is 0.261. The molecule has 0 amide bonds. The van der Waals surface area contributed by atoms with E-state index in [1.54, 1.807) is 25.2 Å². The third-order valence-corrected chi connectivity index (χ3v) is 5.38. The zero-order valence-corrected chi connectivity index (χ0v) is 12.0. The second-order valence-corrected chi connectivity index (χ2v) is 6.67. The highest BCUT2D eigenvalue weighted by atomic mass is 32.2. The number of hydrogen-bond acceptors (Lipinski definition) is 4. The molecular formula is C13H19NO4S. The number of methoxy groups -OCH3 is 1. The first-order valence-electron chi connectivity index (χ1n) is 6.26. The fraction of sp³-hybridized carbons (Fsp3) is 0.538. The molecule has 1 aromatic carbocycles. The van der Waals surface area contributed by atoms with Gasteiger partial charge in [0.1, 0.15) is 5.75 Å². The Labute approximate surface area is 113 Å². The third kappa shape index (κ3) is 2.91. The van der Waals surface area contributed by atoms with Crippen molar-refractivity contribution in [3.8, 4) is 5.75 Å². The summed E-state index contributed by atoms with van der Waals surface area (Å²) in [6.45, 7) is -0.0944. The van der Waals surface area contributed by atoms with Crippen molar-refractivity contribution in [2.45, 2.75) is 30.2 Å². The molecule has 0 atom stereocenters. The summed E-state index contributed by atoms with van der Waals surface area (Å²) in [7, 11) is -0.346. The summed E-state index contributed by atoms with van der Waals surface area (Å²) in [5.41, 5.74) is 0.592. The van der Waals surface area contributed by atoms with Crippen molar-refractivity contribution < 1.29 is 18.3 Å². The SMILES string of the molecule is COc1ccc(S(=O)(=O)N(C)C2CC2)c(CCO)c1. The highest BCUT2D eigenvalue weighted by molar-refractivity contribution is 7.89. The van der Waals surface area contributed by atoms with Crippen LogP contribution in [0.4, 0.5) is 0 Å². The lowest BCUT2D eigenvalue weighted by molar-refractivity contribution is 0.298.